The van der Waals surface area contributed by atoms with Gasteiger partial charge in [0.1, 0.15) is 0 Å². The quantitative estimate of drug-likeness (QED) is 0.779. The van der Waals surface area contributed by atoms with Crippen molar-refractivity contribution in [2.24, 2.45) is 0 Å². The highest BCUT2D eigenvalue weighted by molar-refractivity contribution is 5.66. The molecule has 0 aliphatic rings. The lowest BCUT2D eigenvalue weighted by Gasteiger charge is -2.04. The Balaban J connectivity index is 1.91. The molecule has 0 amide bonds. The molecule has 1 heterocycles. The van der Waals surface area contributed by atoms with E-state index in [1.54, 1.807) is 4.68 Å². The minimum absolute atomic E-state index is 0.190. The van der Waals surface area contributed by atoms with Gasteiger partial charge in [0, 0.05) is 19.4 Å². The Morgan fingerprint density at radius 1 is 1.25 bits per heavy atom. The summed E-state index contributed by atoms with van der Waals surface area (Å²) in [6.45, 7) is 2.71. The van der Waals surface area contributed by atoms with Gasteiger partial charge in [0.15, 0.2) is 5.82 Å². The molecule has 0 saturated carbocycles. The summed E-state index contributed by atoms with van der Waals surface area (Å²) in [4.78, 5) is 10.4. The van der Waals surface area contributed by atoms with Gasteiger partial charge in [-0.3, -0.25) is 4.79 Å². The molecular weight excluding hydrogens is 256 g/mol. The van der Waals surface area contributed by atoms with Gasteiger partial charge in [-0.15, -0.1) is 5.10 Å². The predicted octanol–water partition coefficient (Wildman–Crippen LogP) is 1.83. The molecule has 6 nitrogen and oxygen atoms in total. The van der Waals surface area contributed by atoms with Crippen LogP contribution in [-0.4, -0.2) is 31.3 Å². The Hall–Kier alpha value is -2.24. The number of aryl methyl sites for hydroxylation is 2. The molecule has 0 fully saturated rings. The molecule has 106 valence electrons. The molecule has 1 N–H and O–H groups in total. The number of nitrogens with zero attached hydrogens (tertiary/aromatic N) is 4. The highest BCUT2D eigenvalue weighted by atomic mass is 16.4. The van der Waals surface area contributed by atoms with Crippen LogP contribution in [-0.2, 0) is 17.8 Å². The van der Waals surface area contributed by atoms with E-state index in [4.69, 9.17) is 5.11 Å². The van der Waals surface area contributed by atoms with Crippen LogP contribution in [0.1, 0.15) is 36.2 Å². The van der Waals surface area contributed by atoms with Crippen LogP contribution in [0.4, 0.5) is 0 Å². The number of benzene rings is 1. The SMILES string of the molecule is Cc1ccc(Cc2nnnn2CCCCC(=O)O)cc1. The van der Waals surface area contributed by atoms with E-state index in [0.717, 1.165) is 17.8 Å². The van der Waals surface area contributed by atoms with E-state index in [1.165, 1.54) is 5.56 Å². The lowest BCUT2D eigenvalue weighted by atomic mass is 10.1. The largest absolute Gasteiger partial charge is 0.481 e. The van der Waals surface area contributed by atoms with E-state index < -0.39 is 5.97 Å². The van der Waals surface area contributed by atoms with Crippen molar-refractivity contribution in [2.45, 2.75) is 39.2 Å². The second-order valence-corrected chi connectivity index (χ2v) is 4.83. The summed E-state index contributed by atoms with van der Waals surface area (Å²) in [5.41, 5.74) is 2.39. The molecule has 0 spiro atoms. The van der Waals surface area contributed by atoms with E-state index in [-0.39, 0.29) is 6.42 Å². The van der Waals surface area contributed by atoms with Crippen molar-refractivity contribution in [3.8, 4) is 0 Å². The first-order valence-corrected chi connectivity index (χ1v) is 6.67. The van der Waals surface area contributed by atoms with Crippen molar-refractivity contribution < 1.29 is 9.90 Å². The lowest BCUT2D eigenvalue weighted by Crippen LogP contribution is -2.07. The van der Waals surface area contributed by atoms with Crippen LogP contribution in [0.5, 0.6) is 0 Å². The fraction of sp³-hybridized carbons (Fsp3) is 0.429. The third-order valence-electron chi connectivity index (χ3n) is 3.10. The van der Waals surface area contributed by atoms with Gasteiger partial charge in [-0.2, -0.15) is 0 Å². The Morgan fingerprint density at radius 2 is 2.00 bits per heavy atom. The minimum atomic E-state index is -0.762. The van der Waals surface area contributed by atoms with Gasteiger partial charge in [0.25, 0.3) is 0 Å². The van der Waals surface area contributed by atoms with E-state index in [1.807, 2.05) is 0 Å². The van der Waals surface area contributed by atoms with Gasteiger partial charge in [0.05, 0.1) is 0 Å². The Morgan fingerprint density at radius 3 is 2.70 bits per heavy atom. The molecule has 1 aromatic carbocycles. The number of tetrazole rings is 1. The number of carboxylic acid groups (broad SMARTS) is 1. The van der Waals surface area contributed by atoms with Crippen LogP contribution < -0.4 is 0 Å². The molecule has 0 aliphatic heterocycles. The predicted molar refractivity (Wildman–Crippen MR) is 73.3 cm³/mol. The smallest absolute Gasteiger partial charge is 0.303 e. The molecule has 0 radical (unpaired) electrons. The van der Waals surface area contributed by atoms with Gasteiger partial charge < -0.3 is 5.11 Å². The zero-order valence-corrected chi connectivity index (χ0v) is 11.5. The normalized spacial score (nSPS) is 10.7. The number of carbonyl (C=O) groups is 1. The average molecular weight is 274 g/mol. The summed E-state index contributed by atoms with van der Waals surface area (Å²) >= 11 is 0. The Kier molecular flexibility index (Phi) is 4.81. The summed E-state index contributed by atoms with van der Waals surface area (Å²) in [5.74, 6) is 0.0470. The van der Waals surface area contributed by atoms with Gasteiger partial charge in [-0.25, -0.2) is 4.68 Å². The van der Waals surface area contributed by atoms with Crippen LogP contribution in [0, 0.1) is 6.92 Å². The summed E-state index contributed by atoms with van der Waals surface area (Å²) in [7, 11) is 0. The molecule has 0 unspecified atom stereocenters. The van der Waals surface area contributed by atoms with Crippen LogP contribution in [0.3, 0.4) is 0 Å². The number of rotatable bonds is 7. The highest BCUT2D eigenvalue weighted by Crippen LogP contribution is 2.09. The van der Waals surface area contributed by atoms with Gasteiger partial charge in [-0.05, 0) is 35.8 Å². The molecule has 0 saturated heterocycles. The molecule has 2 aromatic rings. The molecule has 0 atom stereocenters. The maximum atomic E-state index is 10.4. The Bertz CT molecular complexity index is 563. The van der Waals surface area contributed by atoms with Crippen LogP contribution >= 0.6 is 0 Å². The fourth-order valence-corrected chi connectivity index (χ4v) is 1.95. The van der Waals surface area contributed by atoms with Crippen LogP contribution in [0.15, 0.2) is 24.3 Å². The zero-order chi connectivity index (χ0) is 14.4. The van der Waals surface area contributed by atoms with Crippen molar-refractivity contribution in [3.05, 3.63) is 41.2 Å². The standard InChI is InChI=1S/C14H18N4O2/c1-11-5-7-12(8-6-11)10-13-15-16-17-18(13)9-3-2-4-14(19)20/h5-8H,2-4,9-10H2,1H3,(H,19,20). The third-order valence-corrected chi connectivity index (χ3v) is 3.10. The third kappa shape index (κ3) is 4.15. The molecule has 0 bridgehead atoms. The first kappa shape index (κ1) is 14.2. The maximum Gasteiger partial charge on any atom is 0.303 e. The molecule has 20 heavy (non-hydrogen) atoms. The second kappa shape index (κ2) is 6.79. The lowest BCUT2D eigenvalue weighted by molar-refractivity contribution is -0.137. The number of hydrogen-bond donors (Lipinski definition) is 1. The fourth-order valence-electron chi connectivity index (χ4n) is 1.95. The minimum Gasteiger partial charge on any atom is -0.481 e. The summed E-state index contributed by atoms with van der Waals surface area (Å²) in [5, 5.41) is 20.3. The van der Waals surface area contributed by atoms with Crippen molar-refractivity contribution in [2.75, 3.05) is 0 Å². The van der Waals surface area contributed by atoms with E-state index >= 15 is 0 Å². The maximum absolute atomic E-state index is 10.4. The number of carboxylic acids is 1. The highest BCUT2D eigenvalue weighted by Gasteiger charge is 2.07. The first-order chi connectivity index (χ1) is 9.65. The molecule has 6 heteroatoms. The summed E-state index contributed by atoms with van der Waals surface area (Å²) < 4.78 is 1.75. The first-order valence-electron chi connectivity index (χ1n) is 6.67. The number of hydrogen-bond acceptors (Lipinski definition) is 4. The van der Waals surface area contributed by atoms with Crippen LogP contribution in [0.25, 0.3) is 0 Å². The summed E-state index contributed by atoms with van der Waals surface area (Å²) in [6.07, 6.45) is 2.28. The van der Waals surface area contributed by atoms with Crippen molar-refractivity contribution in [3.63, 3.8) is 0 Å². The topological polar surface area (TPSA) is 80.9 Å². The van der Waals surface area contributed by atoms with E-state index in [2.05, 4.69) is 46.7 Å². The molecule has 1 aromatic heterocycles. The second-order valence-electron chi connectivity index (χ2n) is 4.83. The summed E-state index contributed by atoms with van der Waals surface area (Å²) in [6, 6.07) is 8.27. The van der Waals surface area contributed by atoms with E-state index in [0.29, 0.717) is 19.4 Å². The number of aromatic nitrogens is 4. The number of aliphatic carboxylic acids is 1. The van der Waals surface area contributed by atoms with Crippen molar-refractivity contribution in [1.29, 1.82) is 0 Å². The van der Waals surface area contributed by atoms with E-state index in [9.17, 15) is 4.79 Å². The molecule has 2 rings (SSSR count). The van der Waals surface area contributed by atoms with Crippen LogP contribution in [0.2, 0.25) is 0 Å². The van der Waals surface area contributed by atoms with Gasteiger partial charge >= 0.3 is 5.97 Å². The molecular formula is C14H18N4O2. The monoisotopic (exact) mass is 274 g/mol. The zero-order valence-electron chi connectivity index (χ0n) is 11.5. The number of unbranched alkanes of at least 4 members (excludes halogenated alkanes) is 1. The Labute approximate surface area is 117 Å². The van der Waals surface area contributed by atoms with Gasteiger partial charge in [-0.1, -0.05) is 29.8 Å². The molecule has 0 aliphatic carbocycles. The van der Waals surface area contributed by atoms with Crippen molar-refractivity contribution >= 4 is 5.97 Å². The van der Waals surface area contributed by atoms with Gasteiger partial charge in [0.2, 0.25) is 0 Å². The average Bonchev–Trinajstić information content (AvgIpc) is 2.85. The van der Waals surface area contributed by atoms with Crippen molar-refractivity contribution in [1.82, 2.24) is 20.2 Å².